The summed E-state index contributed by atoms with van der Waals surface area (Å²) in [5, 5.41) is 1.22. The zero-order valence-electron chi connectivity index (χ0n) is 15.6. The predicted octanol–water partition coefficient (Wildman–Crippen LogP) is 6.45. The van der Waals surface area contributed by atoms with Gasteiger partial charge in [-0.1, -0.05) is 36.4 Å². The van der Waals surface area contributed by atoms with Crippen molar-refractivity contribution in [1.29, 1.82) is 0 Å². The van der Waals surface area contributed by atoms with E-state index in [0.717, 1.165) is 35.7 Å². The molecule has 4 aromatic rings. The van der Waals surface area contributed by atoms with Crippen molar-refractivity contribution >= 4 is 34.7 Å². The number of aryl methyl sites for hydroxylation is 1. The zero-order chi connectivity index (χ0) is 18.2. The van der Waals surface area contributed by atoms with E-state index in [9.17, 15) is 0 Å². The van der Waals surface area contributed by atoms with Crippen LogP contribution in [0.25, 0.3) is 10.9 Å². The Bertz CT molecular complexity index is 1110. The first-order chi connectivity index (χ1) is 13.3. The maximum Gasteiger partial charge on any atom is 0.127 e. The fourth-order valence-electron chi connectivity index (χ4n) is 3.87. The number of hydrogen-bond donors (Lipinski definition) is 0. The second kappa shape index (κ2) is 7.53. The van der Waals surface area contributed by atoms with Crippen molar-refractivity contribution in [3.8, 4) is 11.5 Å². The highest BCUT2D eigenvalue weighted by molar-refractivity contribution is 5.97. The van der Waals surface area contributed by atoms with Gasteiger partial charge in [0, 0.05) is 23.3 Å². The molecule has 0 unspecified atom stereocenters. The van der Waals surface area contributed by atoms with Crippen molar-refractivity contribution in [3.63, 3.8) is 0 Å². The summed E-state index contributed by atoms with van der Waals surface area (Å²) in [5.41, 5.74) is 6.04. The molecule has 0 atom stereocenters. The Morgan fingerprint density at radius 1 is 0.821 bits per heavy atom. The van der Waals surface area contributed by atoms with E-state index in [1.54, 1.807) is 0 Å². The summed E-state index contributed by atoms with van der Waals surface area (Å²) < 4.78 is 5.93. The van der Waals surface area contributed by atoms with Gasteiger partial charge in [0.2, 0.25) is 0 Å². The van der Waals surface area contributed by atoms with E-state index in [4.69, 9.17) is 9.72 Å². The number of rotatable bonds is 3. The number of halogens is 1. The van der Waals surface area contributed by atoms with E-state index in [1.165, 1.54) is 22.3 Å². The molecule has 0 saturated heterocycles. The monoisotopic (exact) mass is 388 g/mol. The molecule has 3 aromatic carbocycles. The number of aromatic nitrogens is 1. The maximum atomic E-state index is 5.93. The van der Waals surface area contributed by atoms with E-state index < -0.39 is 0 Å². The summed E-state index contributed by atoms with van der Waals surface area (Å²) in [6.07, 6.45) is 1.03. The van der Waals surface area contributed by atoms with E-state index in [0.29, 0.717) is 0 Å². The van der Waals surface area contributed by atoms with Crippen LogP contribution in [0.5, 0.6) is 11.5 Å². The van der Waals surface area contributed by atoms with E-state index in [2.05, 4.69) is 48.2 Å². The minimum Gasteiger partial charge on any atom is -0.457 e. The molecule has 2 heterocycles. The number of benzene rings is 3. The first kappa shape index (κ1) is 18.3. The molecule has 1 aromatic heterocycles. The lowest BCUT2D eigenvalue weighted by Gasteiger charge is -2.22. The summed E-state index contributed by atoms with van der Waals surface area (Å²) in [7, 11) is 0. The van der Waals surface area contributed by atoms with Crippen molar-refractivity contribution in [1.82, 2.24) is 4.98 Å². The van der Waals surface area contributed by atoms with Gasteiger partial charge < -0.3 is 9.64 Å². The van der Waals surface area contributed by atoms with Gasteiger partial charge >= 0.3 is 0 Å². The van der Waals surface area contributed by atoms with Gasteiger partial charge in [0.25, 0.3) is 0 Å². The molecule has 0 N–H and O–H groups in total. The highest BCUT2D eigenvalue weighted by Crippen LogP contribution is 2.41. The number of pyridine rings is 1. The molecule has 1 aliphatic heterocycles. The lowest BCUT2D eigenvalue weighted by Crippen LogP contribution is -2.13. The van der Waals surface area contributed by atoms with Crippen LogP contribution in [0, 0.1) is 6.92 Å². The van der Waals surface area contributed by atoms with Crippen LogP contribution >= 0.6 is 12.4 Å². The standard InChI is InChI=1S/C24H20N2O.ClH/c1-17-21-15-16-26(24(21)22-9-5-6-10-23(22)25-17)18-11-13-20(14-12-18)27-19-7-3-2-4-8-19;/h2-14H,15-16H2,1H3;1H. The molecule has 0 radical (unpaired) electrons. The van der Waals surface area contributed by atoms with Crippen LogP contribution in [-0.2, 0) is 6.42 Å². The Kier molecular flexibility index (Phi) is 4.93. The van der Waals surface area contributed by atoms with Crippen LogP contribution in [0.3, 0.4) is 0 Å². The lowest BCUT2D eigenvalue weighted by molar-refractivity contribution is 0.483. The second-order valence-corrected chi connectivity index (χ2v) is 6.85. The molecule has 0 fully saturated rings. The van der Waals surface area contributed by atoms with E-state index in [1.807, 2.05) is 42.5 Å². The quantitative estimate of drug-likeness (QED) is 0.403. The summed E-state index contributed by atoms with van der Waals surface area (Å²) in [6, 6.07) is 26.6. The van der Waals surface area contributed by atoms with Crippen molar-refractivity contribution in [2.24, 2.45) is 0 Å². The van der Waals surface area contributed by atoms with Crippen molar-refractivity contribution in [3.05, 3.63) is 90.1 Å². The first-order valence-corrected chi connectivity index (χ1v) is 9.28. The van der Waals surface area contributed by atoms with E-state index >= 15 is 0 Å². The molecule has 3 nitrogen and oxygen atoms in total. The molecular weight excluding hydrogens is 368 g/mol. The van der Waals surface area contributed by atoms with Crippen LogP contribution in [0.15, 0.2) is 78.9 Å². The Labute approximate surface area is 171 Å². The molecular formula is C24H21ClN2O. The van der Waals surface area contributed by atoms with Gasteiger partial charge in [-0.05, 0) is 61.4 Å². The summed E-state index contributed by atoms with van der Waals surface area (Å²) >= 11 is 0. The lowest BCUT2D eigenvalue weighted by atomic mass is 10.1. The second-order valence-electron chi connectivity index (χ2n) is 6.85. The molecule has 1 aliphatic rings. The fourth-order valence-corrected chi connectivity index (χ4v) is 3.87. The average molecular weight is 389 g/mol. The third-order valence-electron chi connectivity index (χ3n) is 5.15. The first-order valence-electron chi connectivity index (χ1n) is 9.28. The zero-order valence-corrected chi connectivity index (χ0v) is 16.4. The highest BCUT2D eigenvalue weighted by atomic mass is 35.5. The summed E-state index contributed by atoms with van der Waals surface area (Å²) in [4.78, 5) is 7.19. The highest BCUT2D eigenvalue weighted by Gasteiger charge is 2.25. The minimum absolute atomic E-state index is 0. The third-order valence-corrected chi connectivity index (χ3v) is 5.15. The van der Waals surface area contributed by atoms with Crippen molar-refractivity contribution < 1.29 is 4.74 Å². The van der Waals surface area contributed by atoms with Crippen LogP contribution in [0.2, 0.25) is 0 Å². The van der Waals surface area contributed by atoms with Crippen molar-refractivity contribution in [2.45, 2.75) is 13.3 Å². The number of nitrogens with zero attached hydrogens (tertiary/aromatic N) is 2. The Balaban J connectivity index is 0.00000192. The normalized spacial score (nSPS) is 12.5. The molecule has 0 aliphatic carbocycles. The number of para-hydroxylation sites is 2. The number of fused-ring (bicyclic) bond motifs is 3. The van der Waals surface area contributed by atoms with E-state index in [-0.39, 0.29) is 12.4 Å². The fraction of sp³-hybridized carbons (Fsp3) is 0.125. The molecule has 0 amide bonds. The summed E-state index contributed by atoms with van der Waals surface area (Å²) in [5.74, 6) is 1.70. The SMILES string of the molecule is Cc1nc2ccccc2c2c1CCN2c1ccc(Oc2ccccc2)cc1.Cl. The molecule has 140 valence electrons. The number of hydrogen-bond acceptors (Lipinski definition) is 3. The van der Waals surface area contributed by atoms with Crippen LogP contribution in [-0.4, -0.2) is 11.5 Å². The number of anilines is 2. The van der Waals surface area contributed by atoms with Crippen molar-refractivity contribution in [2.75, 3.05) is 11.4 Å². The predicted molar refractivity (Wildman–Crippen MR) is 117 cm³/mol. The molecule has 4 heteroatoms. The molecule has 0 saturated carbocycles. The Hall–Kier alpha value is -3.04. The van der Waals surface area contributed by atoms with Gasteiger partial charge in [0.1, 0.15) is 11.5 Å². The van der Waals surface area contributed by atoms with Crippen LogP contribution in [0.1, 0.15) is 11.3 Å². The molecule has 0 bridgehead atoms. The van der Waals surface area contributed by atoms with Gasteiger partial charge in [-0.25, -0.2) is 0 Å². The van der Waals surface area contributed by atoms with Gasteiger partial charge in [-0.3, -0.25) is 4.98 Å². The topological polar surface area (TPSA) is 25.4 Å². The maximum absolute atomic E-state index is 5.93. The largest absolute Gasteiger partial charge is 0.457 e. The van der Waals surface area contributed by atoms with Gasteiger partial charge in [0.05, 0.1) is 11.2 Å². The molecule has 28 heavy (non-hydrogen) atoms. The Morgan fingerprint density at radius 3 is 2.29 bits per heavy atom. The van der Waals surface area contributed by atoms with Gasteiger partial charge in [0.15, 0.2) is 0 Å². The Morgan fingerprint density at radius 2 is 1.50 bits per heavy atom. The molecule has 0 spiro atoms. The third kappa shape index (κ3) is 3.19. The minimum atomic E-state index is 0. The molecule has 5 rings (SSSR count). The van der Waals surface area contributed by atoms with Crippen LogP contribution < -0.4 is 9.64 Å². The van der Waals surface area contributed by atoms with Crippen LogP contribution in [0.4, 0.5) is 11.4 Å². The van der Waals surface area contributed by atoms with Gasteiger partial charge in [-0.2, -0.15) is 0 Å². The summed E-state index contributed by atoms with van der Waals surface area (Å²) in [6.45, 7) is 3.09. The smallest absolute Gasteiger partial charge is 0.127 e. The van der Waals surface area contributed by atoms with Gasteiger partial charge in [-0.15, -0.1) is 12.4 Å². The average Bonchev–Trinajstić information content (AvgIpc) is 3.16. The number of ether oxygens (including phenoxy) is 1.